The second-order valence-electron chi connectivity index (χ2n) is 6.35. The van der Waals surface area contributed by atoms with Crippen LogP contribution in [0.25, 0.3) is 0 Å². The molecule has 1 fully saturated rings. The van der Waals surface area contributed by atoms with E-state index >= 15 is 0 Å². The first-order chi connectivity index (χ1) is 11.7. The fraction of sp³-hybridized carbons (Fsp3) is 0.412. The average Bonchev–Trinajstić information content (AvgIpc) is 3.33. The first-order valence-corrected chi connectivity index (χ1v) is 9.03. The largest absolute Gasteiger partial charge is 0.326 e. The van der Waals surface area contributed by atoms with Crippen LogP contribution in [-0.2, 0) is 16.0 Å². The van der Waals surface area contributed by atoms with Crippen molar-refractivity contribution in [2.75, 3.05) is 10.6 Å². The molecule has 6 nitrogen and oxygen atoms in total. The minimum Gasteiger partial charge on any atom is -0.326 e. The number of carbonyl (C=O) groups is 2. The highest BCUT2D eigenvalue weighted by Crippen LogP contribution is 2.42. The number of hydrogen-bond donors (Lipinski definition) is 2. The summed E-state index contributed by atoms with van der Waals surface area (Å²) in [5.41, 5.74) is 2.00. The standard InChI is InChI=1S/C17H18N4O2S/c22-14(19-17-21-20-16(24-17)10-5-6-10)8-7-12-9-11-3-1-2-4-13(11)18-15(12)23/h1-4,10,12H,5-9H2,(H,18,23)(H,19,21,22)/t12-/m1/s1. The van der Waals surface area contributed by atoms with Gasteiger partial charge in [-0.15, -0.1) is 10.2 Å². The van der Waals surface area contributed by atoms with Crippen molar-refractivity contribution in [3.8, 4) is 0 Å². The Morgan fingerprint density at radius 1 is 1.29 bits per heavy atom. The van der Waals surface area contributed by atoms with Gasteiger partial charge in [-0.1, -0.05) is 29.5 Å². The highest BCUT2D eigenvalue weighted by atomic mass is 32.1. The molecule has 0 spiro atoms. The number of rotatable bonds is 5. The van der Waals surface area contributed by atoms with Gasteiger partial charge in [-0.25, -0.2) is 0 Å². The lowest BCUT2D eigenvalue weighted by Gasteiger charge is -2.24. The van der Waals surface area contributed by atoms with Crippen LogP contribution < -0.4 is 10.6 Å². The third-order valence-corrected chi connectivity index (χ3v) is 5.45. The van der Waals surface area contributed by atoms with E-state index in [-0.39, 0.29) is 17.7 Å². The zero-order valence-corrected chi connectivity index (χ0v) is 13.9. The zero-order chi connectivity index (χ0) is 16.5. The molecule has 0 bridgehead atoms. The summed E-state index contributed by atoms with van der Waals surface area (Å²) in [5, 5.41) is 15.4. The van der Waals surface area contributed by atoms with Crippen molar-refractivity contribution < 1.29 is 9.59 Å². The summed E-state index contributed by atoms with van der Waals surface area (Å²) in [6.07, 6.45) is 3.85. The second kappa shape index (κ2) is 6.32. The topological polar surface area (TPSA) is 84.0 Å². The van der Waals surface area contributed by atoms with Crippen molar-refractivity contribution in [3.63, 3.8) is 0 Å². The molecule has 2 aromatic rings. The van der Waals surface area contributed by atoms with Crippen molar-refractivity contribution >= 4 is 34.0 Å². The van der Waals surface area contributed by atoms with Crippen LogP contribution in [0, 0.1) is 5.92 Å². The maximum Gasteiger partial charge on any atom is 0.227 e. The molecule has 2 N–H and O–H groups in total. The Kier molecular flexibility index (Phi) is 4.02. The van der Waals surface area contributed by atoms with Gasteiger partial charge in [0.2, 0.25) is 16.9 Å². The van der Waals surface area contributed by atoms with E-state index in [0.717, 1.165) is 16.3 Å². The minimum absolute atomic E-state index is 0.00608. The van der Waals surface area contributed by atoms with Gasteiger partial charge in [-0.2, -0.15) is 0 Å². The van der Waals surface area contributed by atoms with Gasteiger partial charge in [0.05, 0.1) is 0 Å². The number of nitrogens with one attached hydrogen (secondary N) is 2. The van der Waals surface area contributed by atoms with Crippen LogP contribution in [0.1, 0.15) is 42.2 Å². The summed E-state index contributed by atoms with van der Waals surface area (Å²) in [4.78, 5) is 24.2. The number of benzene rings is 1. The Balaban J connectivity index is 1.31. The third-order valence-electron chi connectivity index (χ3n) is 4.45. The number of anilines is 2. The van der Waals surface area contributed by atoms with Crippen LogP contribution in [-0.4, -0.2) is 22.0 Å². The number of para-hydroxylation sites is 1. The van der Waals surface area contributed by atoms with Crippen molar-refractivity contribution in [2.45, 2.75) is 38.0 Å². The summed E-state index contributed by atoms with van der Waals surface area (Å²) in [5.74, 6) is 0.259. The Morgan fingerprint density at radius 3 is 2.96 bits per heavy atom. The smallest absolute Gasteiger partial charge is 0.227 e. The maximum atomic E-state index is 12.1. The summed E-state index contributed by atoms with van der Waals surface area (Å²) in [6, 6.07) is 7.80. The van der Waals surface area contributed by atoms with E-state index in [0.29, 0.717) is 30.3 Å². The molecule has 1 aliphatic heterocycles. The summed E-state index contributed by atoms with van der Waals surface area (Å²) >= 11 is 1.45. The zero-order valence-electron chi connectivity index (χ0n) is 13.1. The average molecular weight is 342 g/mol. The van der Waals surface area contributed by atoms with Gasteiger partial charge in [0.1, 0.15) is 5.01 Å². The van der Waals surface area contributed by atoms with Crippen LogP contribution >= 0.6 is 11.3 Å². The summed E-state index contributed by atoms with van der Waals surface area (Å²) in [7, 11) is 0. The molecule has 7 heteroatoms. The van der Waals surface area contributed by atoms with E-state index in [9.17, 15) is 9.59 Å². The molecule has 0 saturated heterocycles. The van der Waals surface area contributed by atoms with Gasteiger partial charge in [0.25, 0.3) is 0 Å². The second-order valence-corrected chi connectivity index (χ2v) is 7.36. The minimum atomic E-state index is -0.165. The lowest BCUT2D eigenvalue weighted by molar-refractivity contribution is -0.121. The lowest BCUT2D eigenvalue weighted by atomic mass is 9.89. The molecule has 1 saturated carbocycles. The van der Waals surface area contributed by atoms with E-state index in [1.54, 1.807) is 0 Å². The third kappa shape index (κ3) is 3.31. The molecule has 4 rings (SSSR count). The van der Waals surface area contributed by atoms with Gasteiger partial charge >= 0.3 is 0 Å². The molecule has 1 atom stereocenters. The van der Waals surface area contributed by atoms with Gasteiger partial charge < -0.3 is 10.6 Å². The van der Waals surface area contributed by atoms with Crippen LogP contribution in [0.2, 0.25) is 0 Å². The first kappa shape index (κ1) is 15.3. The fourth-order valence-corrected chi connectivity index (χ4v) is 3.84. The van der Waals surface area contributed by atoms with Gasteiger partial charge in [-0.3, -0.25) is 9.59 Å². The van der Waals surface area contributed by atoms with Crippen LogP contribution in [0.4, 0.5) is 10.8 Å². The van der Waals surface area contributed by atoms with Crippen LogP contribution in [0.3, 0.4) is 0 Å². The van der Waals surface area contributed by atoms with E-state index in [4.69, 9.17) is 0 Å². The van der Waals surface area contributed by atoms with Crippen molar-refractivity contribution in [1.29, 1.82) is 0 Å². The maximum absolute atomic E-state index is 12.1. The van der Waals surface area contributed by atoms with Crippen LogP contribution in [0.5, 0.6) is 0 Å². The molecule has 1 aromatic carbocycles. The monoisotopic (exact) mass is 342 g/mol. The predicted octanol–water partition coefficient (Wildman–Crippen LogP) is 2.95. The van der Waals surface area contributed by atoms with Gasteiger partial charge in [0.15, 0.2) is 0 Å². The Labute approximate surface area is 143 Å². The molecule has 1 aliphatic carbocycles. The van der Waals surface area contributed by atoms with E-state index < -0.39 is 0 Å². The van der Waals surface area contributed by atoms with Gasteiger partial charge in [-0.05, 0) is 37.3 Å². The van der Waals surface area contributed by atoms with Crippen LogP contribution in [0.15, 0.2) is 24.3 Å². The molecule has 124 valence electrons. The first-order valence-electron chi connectivity index (χ1n) is 8.21. The molecule has 2 heterocycles. The number of aromatic nitrogens is 2. The van der Waals surface area contributed by atoms with Gasteiger partial charge in [0, 0.05) is 23.9 Å². The number of fused-ring (bicyclic) bond motifs is 1. The molecule has 1 aromatic heterocycles. The van der Waals surface area contributed by atoms with E-state index in [1.807, 2.05) is 24.3 Å². The molecule has 2 amide bonds. The Bertz CT molecular complexity index is 784. The fourth-order valence-electron chi connectivity index (χ4n) is 2.91. The predicted molar refractivity (Wildman–Crippen MR) is 92.0 cm³/mol. The number of amides is 2. The summed E-state index contributed by atoms with van der Waals surface area (Å²) < 4.78 is 0. The SMILES string of the molecule is O=C(CC[C@@H]1Cc2ccccc2NC1=O)Nc1nnc(C2CC2)s1. The van der Waals surface area contributed by atoms with Crippen molar-refractivity contribution in [3.05, 3.63) is 34.8 Å². The van der Waals surface area contributed by atoms with E-state index in [1.165, 1.54) is 24.2 Å². The Hall–Kier alpha value is -2.28. The van der Waals surface area contributed by atoms with Crippen molar-refractivity contribution in [2.24, 2.45) is 5.92 Å². The highest BCUT2D eigenvalue weighted by Gasteiger charge is 2.28. The molecular weight excluding hydrogens is 324 g/mol. The highest BCUT2D eigenvalue weighted by molar-refractivity contribution is 7.15. The lowest BCUT2D eigenvalue weighted by Crippen LogP contribution is -2.30. The number of nitrogens with zero attached hydrogens (tertiary/aromatic N) is 2. The van der Waals surface area contributed by atoms with Crippen molar-refractivity contribution in [1.82, 2.24) is 10.2 Å². The molecule has 2 aliphatic rings. The Morgan fingerprint density at radius 2 is 2.12 bits per heavy atom. The molecule has 0 unspecified atom stereocenters. The summed E-state index contributed by atoms with van der Waals surface area (Å²) in [6.45, 7) is 0. The molecule has 0 radical (unpaired) electrons. The molecule has 24 heavy (non-hydrogen) atoms. The number of hydrogen-bond acceptors (Lipinski definition) is 5. The molecular formula is C17H18N4O2S. The normalized spacial score (nSPS) is 19.5. The number of carbonyl (C=O) groups excluding carboxylic acids is 2. The quantitative estimate of drug-likeness (QED) is 0.875. The van der Waals surface area contributed by atoms with E-state index in [2.05, 4.69) is 20.8 Å².